The van der Waals surface area contributed by atoms with Crippen LogP contribution in [0.25, 0.3) is 0 Å². The largest absolute Gasteiger partial charge is 0.496 e. The second-order valence-corrected chi connectivity index (χ2v) is 10.5. The minimum absolute atomic E-state index is 0.0772. The Bertz CT molecular complexity index is 1170. The molecular formula is C23H26N2O6S. The van der Waals surface area contributed by atoms with Gasteiger partial charge in [0.1, 0.15) is 5.75 Å². The highest BCUT2D eigenvalue weighted by molar-refractivity contribution is 7.91. The number of rotatable bonds is 5. The lowest BCUT2D eigenvalue weighted by molar-refractivity contribution is 0.0600. The highest BCUT2D eigenvalue weighted by Gasteiger charge is 2.54. The van der Waals surface area contributed by atoms with Gasteiger partial charge in [-0.3, -0.25) is 4.90 Å². The molecular weight excluding hydrogens is 432 g/mol. The SMILES string of the molecule is COC(=O)c1ccc(OC)c(CN2C(=O)N(c3cc(C)cc(C)c3)[C@H]3CS(=O)(=O)C[C@H]32)c1. The minimum atomic E-state index is -3.30. The van der Waals surface area contributed by atoms with Crippen LogP contribution in [-0.4, -0.2) is 63.1 Å². The fraction of sp³-hybridized carbons (Fsp3) is 0.391. The van der Waals surface area contributed by atoms with E-state index in [4.69, 9.17) is 9.47 Å². The van der Waals surface area contributed by atoms with E-state index < -0.39 is 27.9 Å². The summed E-state index contributed by atoms with van der Waals surface area (Å²) in [6, 6.07) is 9.44. The second kappa shape index (κ2) is 8.12. The molecule has 0 unspecified atom stereocenters. The number of sulfone groups is 1. The normalized spacial score (nSPS) is 21.6. The Kier molecular flexibility index (Phi) is 5.62. The number of hydrogen-bond donors (Lipinski definition) is 0. The number of benzene rings is 2. The summed E-state index contributed by atoms with van der Waals surface area (Å²) in [6.07, 6.45) is 0. The van der Waals surface area contributed by atoms with Crippen LogP contribution in [0.5, 0.6) is 5.75 Å². The Morgan fingerprint density at radius 2 is 1.69 bits per heavy atom. The average Bonchev–Trinajstić information content (AvgIpc) is 3.16. The van der Waals surface area contributed by atoms with Crippen molar-refractivity contribution in [3.8, 4) is 5.75 Å². The third-order valence-corrected chi connectivity index (χ3v) is 7.70. The smallest absolute Gasteiger partial charge is 0.337 e. The lowest BCUT2D eigenvalue weighted by Crippen LogP contribution is -2.37. The van der Waals surface area contributed by atoms with Crippen molar-refractivity contribution in [2.45, 2.75) is 32.5 Å². The first-order valence-corrected chi connectivity index (χ1v) is 12.1. The van der Waals surface area contributed by atoms with Gasteiger partial charge in [-0.2, -0.15) is 0 Å². The molecule has 2 atom stereocenters. The Hall–Kier alpha value is -3.07. The molecule has 0 saturated carbocycles. The molecule has 0 N–H and O–H groups in total. The van der Waals surface area contributed by atoms with Crippen LogP contribution < -0.4 is 9.64 Å². The summed E-state index contributed by atoms with van der Waals surface area (Å²) < 4.78 is 35.3. The Morgan fingerprint density at radius 1 is 1.03 bits per heavy atom. The van der Waals surface area contributed by atoms with Crippen LogP contribution in [0.3, 0.4) is 0 Å². The van der Waals surface area contributed by atoms with Gasteiger partial charge in [0.15, 0.2) is 9.84 Å². The van der Waals surface area contributed by atoms with Crippen LogP contribution in [0.4, 0.5) is 10.5 Å². The van der Waals surface area contributed by atoms with Crippen LogP contribution in [0.15, 0.2) is 36.4 Å². The summed E-state index contributed by atoms with van der Waals surface area (Å²) in [5.41, 5.74) is 3.62. The first kappa shape index (κ1) is 22.1. The maximum atomic E-state index is 13.6. The molecule has 0 spiro atoms. The molecule has 8 nitrogen and oxygen atoms in total. The molecule has 170 valence electrons. The van der Waals surface area contributed by atoms with E-state index in [0.29, 0.717) is 22.6 Å². The second-order valence-electron chi connectivity index (χ2n) is 8.36. The topological polar surface area (TPSA) is 93.2 Å². The molecule has 0 aromatic heterocycles. The van der Waals surface area contributed by atoms with Crippen LogP contribution in [0.1, 0.15) is 27.0 Å². The number of esters is 1. The van der Waals surface area contributed by atoms with Crippen molar-refractivity contribution in [3.05, 3.63) is 58.7 Å². The number of amides is 2. The molecule has 2 aromatic rings. The third-order valence-electron chi connectivity index (χ3n) is 6.00. The predicted molar refractivity (Wildman–Crippen MR) is 120 cm³/mol. The summed E-state index contributed by atoms with van der Waals surface area (Å²) in [5.74, 6) is -0.164. The van der Waals surface area contributed by atoms with Gasteiger partial charge < -0.3 is 14.4 Å². The Morgan fingerprint density at radius 3 is 2.31 bits per heavy atom. The van der Waals surface area contributed by atoms with Gasteiger partial charge in [0.2, 0.25) is 0 Å². The van der Waals surface area contributed by atoms with Crippen molar-refractivity contribution in [1.29, 1.82) is 0 Å². The van der Waals surface area contributed by atoms with E-state index in [1.807, 2.05) is 32.0 Å². The van der Waals surface area contributed by atoms with E-state index in [9.17, 15) is 18.0 Å². The van der Waals surface area contributed by atoms with Crippen molar-refractivity contribution in [2.75, 3.05) is 30.6 Å². The molecule has 2 amide bonds. The molecule has 2 aliphatic rings. The number of methoxy groups -OCH3 is 2. The zero-order valence-electron chi connectivity index (χ0n) is 18.5. The number of ether oxygens (including phenoxy) is 2. The van der Waals surface area contributed by atoms with E-state index in [1.165, 1.54) is 14.2 Å². The Balaban J connectivity index is 1.75. The van der Waals surface area contributed by atoms with Gasteiger partial charge in [0.25, 0.3) is 0 Å². The van der Waals surface area contributed by atoms with Gasteiger partial charge in [-0.05, 0) is 55.3 Å². The maximum Gasteiger partial charge on any atom is 0.337 e. The summed E-state index contributed by atoms with van der Waals surface area (Å²) in [7, 11) is -0.493. The monoisotopic (exact) mass is 458 g/mol. The van der Waals surface area contributed by atoms with Gasteiger partial charge in [0.05, 0.1) is 49.9 Å². The molecule has 9 heteroatoms. The van der Waals surface area contributed by atoms with Crippen LogP contribution in [0.2, 0.25) is 0 Å². The zero-order valence-corrected chi connectivity index (χ0v) is 19.3. The van der Waals surface area contributed by atoms with E-state index in [1.54, 1.807) is 28.0 Å². The number of anilines is 1. The molecule has 0 radical (unpaired) electrons. The van der Waals surface area contributed by atoms with E-state index >= 15 is 0 Å². The molecule has 2 saturated heterocycles. The van der Waals surface area contributed by atoms with Crippen molar-refractivity contribution < 1.29 is 27.5 Å². The fourth-order valence-corrected chi connectivity index (χ4v) is 6.63. The molecule has 32 heavy (non-hydrogen) atoms. The summed E-state index contributed by atoms with van der Waals surface area (Å²) in [4.78, 5) is 28.7. The van der Waals surface area contributed by atoms with E-state index in [-0.39, 0.29) is 24.1 Å². The van der Waals surface area contributed by atoms with Gasteiger partial charge >= 0.3 is 12.0 Å². The molecule has 0 aliphatic carbocycles. The quantitative estimate of drug-likeness (QED) is 0.505. The van der Waals surface area contributed by atoms with Crippen molar-refractivity contribution in [3.63, 3.8) is 0 Å². The van der Waals surface area contributed by atoms with Crippen molar-refractivity contribution >= 4 is 27.5 Å². The summed E-state index contributed by atoms with van der Waals surface area (Å²) in [5, 5.41) is 0. The van der Waals surface area contributed by atoms with E-state index in [0.717, 1.165) is 11.1 Å². The van der Waals surface area contributed by atoms with Gasteiger partial charge in [-0.25, -0.2) is 18.0 Å². The molecule has 4 rings (SSSR count). The highest BCUT2D eigenvalue weighted by Crippen LogP contribution is 2.37. The molecule has 2 aliphatic heterocycles. The molecule has 2 heterocycles. The van der Waals surface area contributed by atoms with Crippen LogP contribution in [0, 0.1) is 13.8 Å². The van der Waals surface area contributed by atoms with Crippen molar-refractivity contribution in [2.24, 2.45) is 0 Å². The molecule has 0 bridgehead atoms. The summed E-state index contributed by atoms with van der Waals surface area (Å²) in [6.45, 7) is 4.01. The number of carbonyl (C=O) groups excluding carboxylic acids is 2. The third kappa shape index (κ3) is 3.92. The maximum absolute atomic E-state index is 13.6. The van der Waals surface area contributed by atoms with Crippen LogP contribution in [-0.2, 0) is 21.1 Å². The van der Waals surface area contributed by atoms with E-state index in [2.05, 4.69) is 0 Å². The van der Waals surface area contributed by atoms with Gasteiger partial charge in [0, 0.05) is 11.3 Å². The predicted octanol–water partition coefficient (Wildman–Crippen LogP) is 2.71. The standard InChI is InChI=1S/C23H26N2O6S/c1-14-7-15(2)9-18(8-14)25-20-13-32(28,29)12-19(20)24(23(25)27)11-17-10-16(22(26)31-4)5-6-21(17)30-3/h5-10,19-20H,11-13H2,1-4H3/t19-,20+/m1/s1. The number of nitrogens with zero attached hydrogens (tertiary/aromatic N) is 2. The first-order valence-electron chi connectivity index (χ1n) is 10.3. The lowest BCUT2D eigenvalue weighted by atomic mass is 10.1. The van der Waals surface area contributed by atoms with Crippen LogP contribution >= 0.6 is 0 Å². The number of fused-ring (bicyclic) bond motifs is 1. The fourth-order valence-electron chi connectivity index (χ4n) is 4.68. The Labute approximate surface area is 187 Å². The first-order chi connectivity index (χ1) is 15.1. The number of aryl methyl sites for hydroxylation is 2. The van der Waals surface area contributed by atoms with Crippen molar-refractivity contribution in [1.82, 2.24) is 4.90 Å². The van der Waals surface area contributed by atoms with Gasteiger partial charge in [-0.1, -0.05) is 6.07 Å². The average molecular weight is 459 g/mol. The molecule has 2 aromatic carbocycles. The molecule has 2 fully saturated rings. The lowest BCUT2D eigenvalue weighted by Gasteiger charge is -2.24. The zero-order chi connectivity index (χ0) is 23.2. The number of carbonyl (C=O) groups is 2. The van der Waals surface area contributed by atoms with Gasteiger partial charge in [-0.15, -0.1) is 0 Å². The number of urea groups is 1. The number of hydrogen-bond acceptors (Lipinski definition) is 6. The highest BCUT2D eigenvalue weighted by atomic mass is 32.2. The summed E-state index contributed by atoms with van der Waals surface area (Å²) >= 11 is 0. The minimum Gasteiger partial charge on any atom is -0.496 e.